The number of benzene rings is 3. The Hall–Kier alpha value is -4.33. The van der Waals surface area contributed by atoms with Crippen molar-refractivity contribution in [2.45, 2.75) is 25.1 Å². The summed E-state index contributed by atoms with van der Waals surface area (Å²) in [6, 6.07) is 24.8. The Bertz CT molecular complexity index is 1440. The van der Waals surface area contributed by atoms with Crippen molar-refractivity contribution >= 4 is 11.7 Å². The van der Waals surface area contributed by atoms with Gasteiger partial charge in [0.1, 0.15) is 11.7 Å². The van der Waals surface area contributed by atoms with Crippen LogP contribution in [0.15, 0.2) is 91.1 Å². The highest BCUT2D eigenvalue weighted by Gasteiger charge is 2.33. The molecule has 0 saturated heterocycles. The Morgan fingerprint density at radius 3 is 2.44 bits per heavy atom. The van der Waals surface area contributed by atoms with E-state index < -0.39 is 23.8 Å². The van der Waals surface area contributed by atoms with Crippen LogP contribution in [-0.4, -0.2) is 31.2 Å². The van der Waals surface area contributed by atoms with Crippen LogP contribution in [0, 0.1) is 0 Å². The lowest BCUT2D eigenvalue weighted by molar-refractivity contribution is -0.137. The molecule has 0 fully saturated rings. The minimum absolute atomic E-state index is 0.0998. The molecule has 0 radical (unpaired) electrons. The average molecular weight is 533 g/mol. The summed E-state index contributed by atoms with van der Waals surface area (Å²) in [7, 11) is 1.28. The van der Waals surface area contributed by atoms with Crippen molar-refractivity contribution in [2.24, 2.45) is 0 Å². The quantitative estimate of drug-likeness (QED) is 0.237. The van der Waals surface area contributed by atoms with Gasteiger partial charge in [0.05, 0.1) is 19.2 Å². The number of alkyl halides is 3. The van der Waals surface area contributed by atoms with Crippen LogP contribution in [0.25, 0.3) is 11.1 Å². The second-order valence-corrected chi connectivity index (χ2v) is 9.33. The number of halogens is 3. The van der Waals surface area contributed by atoms with E-state index in [2.05, 4.69) is 4.98 Å². The summed E-state index contributed by atoms with van der Waals surface area (Å²) >= 11 is 0. The molecule has 8 heteroatoms. The fourth-order valence-electron chi connectivity index (χ4n) is 4.83. The number of fused-ring (bicyclic) bond motifs is 1. The summed E-state index contributed by atoms with van der Waals surface area (Å²) in [5.41, 5.74) is 3.77. The van der Waals surface area contributed by atoms with Gasteiger partial charge in [0.25, 0.3) is 0 Å². The Balaban J connectivity index is 1.51. The Morgan fingerprint density at radius 2 is 1.72 bits per heavy atom. The number of carbonyl (C=O) groups excluding carboxylic acids is 1. The van der Waals surface area contributed by atoms with Crippen molar-refractivity contribution in [3.05, 3.63) is 113 Å². The van der Waals surface area contributed by atoms with Gasteiger partial charge in [-0.25, -0.2) is 9.78 Å². The van der Waals surface area contributed by atoms with E-state index in [-0.39, 0.29) is 18.0 Å². The number of esters is 1. The van der Waals surface area contributed by atoms with Gasteiger partial charge in [0, 0.05) is 18.4 Å². The minimum Gasteiger partial charge on any atom is -0.467 e. The third-order valence-corrected chi connectivity index (χ3v) is 6.83. The molecule has 1 unspecified atom stereocenters. The van der Waals surface area contributed by atoms with Crippen LogP contribution in [0.3, 0.4) is 0 Å². The third-order valence-electron chi connectivity index (χ3n) is 6.83. The number of aromatic nitrogens is 1. The molecule has 39 heavy (non-hydrogen) atoms. The SMILES string of the molecule is COC(=O)c1cccnc1OC(CN1CCCc2ccc(C(F)(F)F)cc21)c1ccc(-c2ccccc2)cc1. The summed E-state index contributed by atoms with van der Waals surface area (Å²) in [5.74, 6) is -0.489. The highest BCUT2D eigenvalue weighted by atomic mass is 19.4. The monoisotopic (exact) mass is 532 g/mol. The molecule has 4 aromatic rings. The average Bonchev–Trinajstić information content (AvgIpc) is 2.96. The van der Waals surface area contributed by atoms with Gasteiger partial charge in [-0.05, 0) is 59.4 Å². The molecule has 0 aliphatic carbocycles. The van der Waals surface area contributed by atoms with Gasteiger partial charge >= 0.3 is 12.1 Å². The number of aryl methyl sites for hydroxylation is 1. The van der Waals surface area contributed by atoms with E-state index >= 15 is 0 Å². The predicted octanol–water partition coefficient (Wildman–Crippen LogP) is 7.13. The molecule has 3 aromatic carbocycles. The maximum absolute atomic E-state index is 13.5. The molecule has 1 aliphatic heterocycles. The van der Waals surface area contributed by atoms with Crippen molar-refractivity contribution < 1.29 is 27.4 Å². The number of nitrogens with zero attached hydrogens (tertiary/aromatic N) is 2. The number of methoxy groups -OCH3 is 1. The molecule has 5 nitrogen and oxygen atoms in total. The maximum Gasteiger partial charge on any atom is 0.416 e. The number of hydrogen-bond donors (Lipinski definition) is 0. The first-order valence-corrected chi connectivity index (χ1v) is 12.6. The lowest BCUT2D eigenvalue weighted by Gasteiger charge is -2.35. The standard InChI is InChI=1S/C31H27F3N2O3/c1-38-30(37)26-10-5-17-35-29(26)39-28(24-13-11-22(12-14-24)21-7-3-2-4-8-21)20-36-18-6-9-23-15-16-25(19-27(23)36)31(32,33)34/h2-5,7-8,10-17,19,28H,6,9,18,20H2,1H3. The van der Waals surface area contributed by atoms with Crippen LogP contribution in [-0.2, 0) is 17.3 Å². The Labute approximate surface area is 224 Å². The van der Waals surface area contributed by atoms with Crippen molar-refractivity contribution in [3.8, 4) is 17.0 Å². The molecule has 1 aromatic heterocycles. The van der Waals surface area contributed by atoms with E-state index in [0.29, 0.717) is 18.7 Å². The topological polar surface area (TPSA) is 51.7 Å². The molecule has 200 valence electrons. The predicted molar refractivity (Wildman–Crippen MR) is 143 cm³/mol. The molecular formula is C31H27F3N2O3. The zero-order valence-corrected chi connectivity index (χ0v) is 21.3. The zero-order valence-electron chi connectivity index (χ0n) is 21.3. The second kappa shape index (κ2) is 11.2. The molecule has 0 amide bonds. The maximum atomic E-state index is 13.5. The first-order chi connectivity index (χ1) is 18.8. The van der Waals surface area contributed by atoms with E-state index in [9.17, 15) is 18.0 Å². The number of hydrogen-bond acceptors (Lipinski definition) is 5. The number of rotatable bonds is 7. The van der Waals surface area contributed by atoms with E-state index in [0.717, 1.165) is 34.7 Å². The number of carbonyl (C=O) groups is 1. The summed E-state index contributed by atoms with van der Waals surface area (Å²) in [4.78, 5) is 18.6. The van der Waals surface area contributed by atoms with Gasteiger partial charge in [-0.1, -0.05) is 60.7 Å². The normalized spacial score (nSPS) is 13.9. The lowest BCUT2D eigenvalue weighted by Crippen LogP contribution is -2.35. The van der Waals surface area contributed by atoms with Gasteiger partial charge in [-0.2, -0.15) is 13.2 Å². The zero-order chi connectivity index (χ0) is 27.4. The van der Waals surface area contributed by atoms with E-state index in [1.807, 2.05) is 59.5 Å². The number of anilines is 1. The van der Waals surface area contributed by atoms with E-state index in [1.54, 1.807) is 18.2 Å². The van der Waals surface area contributed by atoms with Crippen LogP contribution in [0.4, 0.5) is 18.9 Å². The third kappa shape index (κ3) is 5.90. The van der Waals surface area contributed by atoms with Gasteiger partial charge in [0.2, 0.25) is 5.88 Å². The summed E-state index contributed by atoms with van der Waals surface area (Å²) in [6.07, 6.45) is -2.05. The number of ether oxygens (including phenoxy) is 2. The molecule has 1 atom stereocenters. The van der Waals surface area contributed by atoms with Crippen molar-refractivity contribution in [1.82, 2.24) is 4.98 Å². The van der Waals surface area contributed by atoms with E-state index in [4.69, 9.17) is 9.47 Å². The summed E-state index contributed by atoms with van der Waals surface area (Å²) in [6.45, 7) is 0.832. The van der Waals surface area contributed by atoms with Gasteiger partial charge in [-0.15, -0.1) is 0 Å². The molecule has 0 bridgehead atoms. The van der Waals surface area contributed by atoms with Gasteiger partial charge in [0.15, 0.2) is 0 Å². The smallest absolute Gasteiger partial charge is 0.416 e. The molecule has 0 spiro atoms. The van der Waals surface area contributed by atoms with Crippen LogP contribution >= 0.6 is 0 Å². The highest BCUT2D eigenvalue weighted by molar-refractivity contribution is 5.91. The van der Waals surface area contributed by atoms with Crippen molar-refractivity contribution in [1.29, 1.82) is 0 Å². The van der Waals surface area contributed by atoms with Crippen molar-refractivity contribution in [2.75, 3.05) is 25.1 Å². The number of pyridine rings is 1. The van der Waals surface area contributed by atoms with Crippen LogP contribution < -0.4 is 9.64 Å². The summed E-state index contributed by atoms with van der Waals surface area (Å²) in [5, 5.41) is 0. The Morgan fingerprint density at radius 1 is 0.974 bits per heavy atom. The fraction of sp³-hybridized carbons (Fsp3) is 0.226. The molecule has 5 rings (SSSR count). The first-order valence-electron chi connectivity index (χ1n) is 12.6. The largest absolute Gasteiger partial charge is 0.467 e. The van der Waals surface area contributed by atoms with E-state index in [1.165, 1.54) is 19.4 Å². The molecule has 0 saturated carbocycles. The molecule has 0 N–H and O–H groups in total. The minimum atomic E-state index is -4.44. The first kappa shape index (κ1) is 26.3. The van der Waals surface area contributed by atoms with Gasteiger partial charge in [-0.3, -0.25) is 0 Å². The van der Waals surface area contributed by atoms with Crippen LogP contribution in [0.5, 0.6) is 5.88 Å². The van der Waals surface area contributed by atoms with Crippen molar-refractivity contribution in [3.63, 3.8) is 0 Å². The summed E-state index contributed by atoms with van der Waals surface area (Å²) < 4.78 is 51.8. The highest BCUT2D eigenvalue weighted by Crippen LogP contribution is 2.37. The molecular weight excluding hydrogens is 505 g/mol. The Kier molecular flexibility index (Phi) is 7.54. The molecule has 2 heterocycles. The lowest BCUT2D eigenvalue weighted by atomic mass is 9.97. The van der Waals surface area contributed by atoms with Crippen LogP contribution in [0.1, 0.15) is 39.6 Å². The van der Waals surface area contributed by atoms with Crippen LogP contribution in [0.2, 0.25) is 0 Å². The molecule has 1 aliphatic rings. The fourth-order valence-corrected chi connectivity index (χ4v) is 4.83. The van der Waals surface area contributed by atoms with Gasteiger partial charge < -0.3 is 14.4 Å². The second-order valence-electron chi connectivity index (χ2n) is 9.33.